The van der Waals surface area contributed by atoms with E-state index in [2.05, 4.69) is 0 Å². The van der Waals surface area contributed by atoms with Gasteiger partial charge >= 0.3 is 5.69 Å². The quantitative estimate of drug-likeness (QED) is 0.448. The zero-order valence-electron chi connectivity index (χ0n) is 8.30. The predicted molar refractivity (Wildman–Crippen MR) is 51.8 cm³/mol. The van der Waals surface area contributed by atoms with E-state index in [1.807, 2.05) is 0 Å². The molecule has 0 bridgehead atoms. The van der Waals surface area contributed by atoms with Gasteiger partial charge in [-0.2, -0.15) is 0 Å². The SMILES string of the molecule is Cc1cc(OC(C)O)c([N+](=O)[O-])cc1O. The van der Waals surface area contributed by atoms with Crippen molar-refractivity contribution < 1.29 is 19.9 Å². The summed E-state index contributed by atoms with van der Waals surface area (Å²) in [5, 5.41) is 28.8. The Hall–Kier alpha value is -1.82. The molecule has 1 atom stereocenters. The molecule has 0 fully saturated rings. The number of nitro groups is 1. The topological polar surface area (TPSA) is 92.8 Å². The standard InChI is InChI=1S/C9H11NO5/c1-5-3-9(15-6(2)11)7(10(13)14)4-8(5)12/h3-4,6,11-12H,1-2H3. The number of rotatable bonds is 3. The van der Waals surface area contributed by atoms with Crippen molar-refractivity contribution in [1.29, 1.82) is 0 Å². The van der Waals surface area contributed by atoms with Crippen molar-refractivity contribution in [2.45, 2.75) is 20.1 Å². The number of phenolic OH excluding ortho intramolecular Hbond substituents is 1. The Bertz CT molecular complexity index is 388. The van der Waals surface area contributed by atoms with Crippen LogP contribution in [0.25, 0.3) is 0 Å². The maximum atomic E-state index is 10.6. The van der Waals surface area contributed by atoms with Crippen molar-refractivity contribution in [2.24, 2.45) is 0 Å². The van der Waals surface area contributed by atoms with Crippen molar-refractivity contribution in [3.05, 3.63) is 27.8 Å². The lowest BCUT2D eigenvalue weighted by molar-refractivity contribution is -0.386. The maximum Gasteiger partial charge on any atom is 0.314 e. The van der Waals surface area contributed by atoms with Crippen LogP contribution < -0.4 is 4.74 Å². The van der Waals surface area contributed by atoms with Gasteiger partial charge in [0.1, 0.15) is 5.75 Å². The minimum Gasteiger partial charge on any atom is -0.507 e. The number of hydrogen-bond acceptors (Lipinski definition) is 5. The van der Waals surface area contributed by atoms with Gasteiger partial charge in [-0.1, -0.05) is 0 Å². The summed E-state index contributed by atoms with van der Waals surface area (Å²) in [6.45, 7) is 2.92. The minimum atomic E-state index is -1.15. The van der Waals surface area contributed by atoms with Gasteiger partial charge in [-0.05, 0) is 25.5 Å². The molecule has 1 rings (SSSR count). The van der Waals surface area contributed by atoms with E-state index in [0.29, 0.717) is 5.56 Å². The fourth-order valence-electron chi connectivity index (χ4n) is 1.08. The first-order valence-electron chi connectivity index (χ1n) is 4.24. The average Bonchev–Trinajstić information content (AvgIpc) is 2.09. The normalized spacial score (nSPS) is 12.2. The summed E-state index contributed by atoms with van der Waals surface area (Å²) >= 11 is 0. The Kier molecular flexibility index (Phi) is 3.11. The van der Waals surface area contributed by atoms with Crippen LogP contribution in [0.4, 0.5) is 5.69 Å². The molecule has 0 aliphatic rings. The largest absolute Gasteiger partial charge is 0.507 e. The Balaban J connectivity index is 3.22. The van der Waals surface area contributed by atoms with E-state index in [-0.39, 0.29) is 17.2 Å². The number of benzene rings is 1. The first-order valence-corrected chi connectivity index (χ1v) is 4.24. The molecule has 0 aromatic heterocycles. The average molecular weight is 213 g/mol. The van der Waals surface area contributed by atoms with E-state index in [9.17, 15) is 15.2 Å². The third-order valence-corrected chi connectivity index (χ3v) is 1.77. The molecule has 1 aromatic carbocycles. The van der Waals surface area contributed by atoms with Crippen LogP contribution in [-0.4, -0.2) is 21.4 Å². The molecule has 6 heteroatoms. The maximum absolute atomic E-state index is 10.6. The molecule has 0 aliphatic carbocycles. The van der Waals surface area contributed by atoms with Crippen LogP contribution in [0.3, 0.4) is 0 Å². The molecule has 1 unspecified atom stereocenters. The Morgan fingerprint density at radius 2 is 2.13 bits per heavy atom. The fourth-order valence-corrected chi connectivity index (χ4v) is 1.08. The molecule has 0 saturated heterocycles. The molecule has 82 valence electrons. The van der Waals surface area contributed by atoms with Crippen LogP contribution in [0, 0.1) is 17.0 Å². The van der Waals surface area contributed by atoms with Gasteiger partial charge in [-0.15, -0.1) is 0 Å². The van der Waals surface area contributed by atoms with Crippen molar-refractivity contribution in [2.75, 3.05) is 0 Å². The van der Waals surface area contributed by atoms with Crippen molar-refractivity contribution >= 4 is 5.69 Å². The summed E-state index contributed by atoms with van der Waals surface area (Å²) in [4.78, 5) is 9.92. The van der Waals surface area contributed by atoms with E-state index in [4.69, 9.17) is 9.84 Å². The number of phenols is 1. The molecule has 15 heavy (non-hydrogen) atoms. The number of aliphatic hydroxyl groups is 1. The molecule has 0 aliphatic heterocycles. The fraction of sp³-hybridized carbons (Fsp3) is 0.333. The van der Waals surface area contributed by atoms with Crippen LogP contribution in [0.5, 0.6) is 11.5 Å². The zero-order chi connectivity index (χ0) is 11.6. The number of nitro benzene ring substituents is 1. The zero-order valence-corrected chi connectivity index (χ0v) is 8.30. The smallest absolute Gasteiger partial charge is 0.314 e. The lowest BCUT2D eigenvalue weighted by atomic mass is 10.2. The predicted octanol–water partition coefficient (Wildman–Crippen LogP) is 1.33. The van der Waals surface area contributed by atoms with Crippen molar-refractivity contribution in [3.8, 4) is 11.5 Å². The molecular weight excluding hydrogens is 202 g/mol. The molecule has 2 N–H and O–H groups in total. The highest BCUT2D eigenvalue weighted by molar-refractivity contribution is 5.54. The lowest BCUT2D eigenvalue weighted by Crippen LogP contribution is -2.11. The Labute approximate surface area is 85.9 Å². The second kappa shape index (κ2) is 4.14. The second-order valence-electron chi connectivity index (χ2n) is 3.08. The molecule has 6 nitrogen and oxygen atoms in total. The Morgan fingerprint density at radius 3 is 2.60 bits per heavy atom. The summed E-state index contributed by atoms with van der Waals surface area (Å²) < 4.78 is 4.85. The lowest BCUT2D eigenvalue weighted by Gasteiger charge is -2.10. The summed E-state index contributed by atoms with van der Waals surface area (Å²) in [6, 6.07) is 2.30. The summed E-state index contributed by atoms with van der Waals surface area (Å²) in [5.41, 5.74) is 0.0650. The van der Waals surface area contributed by atoms with Gasteiger partial charge in [0.15, 0.2) is 6.29 Å². The monoisotopic (exact) mass is 213 g/mol. The van der Waals surface area contributed by atoms with E-state index in [1.165, 1.54) is 13.0 Å². The molecule has 0 amide bonds. The first kappa shape index (κ1) is 11.3. The number of ether oxygens (including phenoxy) is 1. The molecule has 0 heterocycles. The van der Waals surface area contributed by atoms with E-state index in [1.54, 1.807) is 6.92 Å². The number of nitrogens with zero attached hydrogens (tertiary/aromatic N) is 1. The minimum absolute atomic E-state index is 0.0645. The van der Waals surface area contributed by atoms with Crippen LogP contribution in [0.1, 0.15) is 12.5 Å². The highest BCUT2D eigenvalue weighted by Gasteiger charge is 2.19. The van der Waals surface area contributed by atoms with E-state index >= 15 is 0 Å². The van der Waals surface area contributed by atoms with Crippen LogP contribution in [0.15, 0.2) is 12.1 Å². The van der Waals surface area contributed by atoms with Crippen LogP contribution in [-0.2, 0) is 0 Å². The summed E-state index contributed by atoms with van der Waals surface area (Å²) in [5.74, 6) is -0.245. The summed E-state index contributed by atoms with van der Waals surface area (Å²) in [6.07, 6.45) is -1.15. The highest BCUT2D eigenvalue weighted by atomic mass is 16.6. The highest BCUT2D eigenvalue weighted by Crippen LogP contribution is 2.33. The van der Waals surface area contributed by atoms with Gasteiger partial charge in [-0.3, -0.25) is 10.1 Å². The van der Waals surface area contributed by atoms with Crippen LogP contribution in [0.2, 0.25) is 0 Å². The van der Waals surface area contributed by atoms with Gasteiger partial charge in [0, 0.05) is 0 Å². The van der Waals surface area contributed by atoms with E-state index < -0.39 is 11.2 Å². The molecule has 0 spiro atoms. The molecular formula is C9H11NO5. The van der Waals surface area contributed by atoms with Gasteiger partial charge in [0.05, 0.1) is 11.0 Å². The Morgan fingerprint density at radius 1 is 1.53 bits per heavy atom. The second-order valence-corrected chi connectivity index (χ2v) is 3.08. The third kappa shape index (κ3) is 2.57. The number of aromatic hydroxyl groups is 1. The molecule has 0 radical (unpaired) electrons. The number of aryl methyl sites for hydroxylation is 1. The van der Waals surface area contributed by atoms with Gasteiger partial charge in [-0.25, -0.2) is 0 Å². The van der Waals surface area contributed by atoms with Gasteiger partial charge in [0.25, 0.3) is 0 Å². The summed E-state index contributed by atoms with van der Waals surface area (Å²) in [7, 11) is 0. The van der Waals surface area contributed by atoms with Crippen molar-refractivity contribution in [3.63, 3.8) is 0 Å². The molecule has 1 aromatic rings. The van der Waals surface area contributed by atoms with Gasteiger partial charge < -0.3 is 14.9 Å². The number of aliphatic hydroxyl groups excluding tert-OH is 1. The molecule has 0 saturated carbocycles. The van der Waals surface area contributed by atoms with E-state index in [0.717, 1.165) is 6.07 Å². The first-order chi connectivity index (χ1) is 6.91. The third-order valence-electron chi connectivity index (χ3n) is 1.77. The number of hydrogen-bond donors (Lipinski definition) is 2. The van der Waals surface area contributed by atoms with Gasteiger partial charge in [0.2, 0.25) is 5.75 Å². The van der Waals surface area contributed by atoms with Crippen molar-refractivity contribution in [1.82, 2.24) is 0 Å². The van der Waals surface area contributed by atoms with Crippen LogP contribution >= 0.6 is 0 Å².